The summed E-state index contributed by atoms with van der Waals surface area (Å²) in [5, 5.41) is 3.40. The van der Waals surface area contributed by atoms with Gasteiger partial charge in [0.15, 0.2) is 4.77 Å². The molecule has 144 valence electrons. The van der Waals surface area contributed by atoms with Crippen LogP contribution in [0.4, 0.5) is 0 Å². The Hall–Kier alpha value is -2.77. The van der Waals surface area contributed by atoms with Crippen LogP contribution in [0.5, 0.6) is 0 Å². The highest BCUT2D eigenvalue weighted by Crippen LogP contribution is 2.15. The average molecular weight is 395 g/mol. The third-order valence-corrected chi connectivity index (χ3v) is 5.27. The molecular weight excluding hydrogens is 374 g/mol. The van der Waals surface area contributed by atoms with Crippen molar-refractivity contribution >= 4 is 29.0 Å². The van der Waals surface area contributed by atoms with E-state index < -0.39 is 0 Å². The molecule has 3 aromatic rings. The Morgan fingerprint density at radius 2 is 2.07 bits per heavy atom. The van der Waals surface area contributed by atoms with Crippen molar-refractivity contribution in [2.24, 2.45) is 0 Å². The van der Waals surface area contributed by atoms with Gasteiger partial charge in [-0.1, -0.05) is 30.3 Å². The Morgan fingerprint density at radius 3 is 2.82 bits per heavy atom. The molecule has 0 aliphatic carbocycles. The lowest BCUT2D eigenvalue weighted by molar-refractivity contribution is 0.0950. The first-order valence-corrected chi connectivity index (χ1v) is 9.73. The molecule has 2 N–H and O–H groups in total. The maximum absolute atomic E-state index is 12.8. The van der Waals surface area contributed by atoms with Gasteiger partial charge in [0, 0.05) is 18.7 Å². The molecule has 2 heterocycles. The van der Waals surface area contributed by atoms with E-state index in [0.29, 0.717) is 34.3 Å². The van der Waals surface area contributed by atoms with Crippen LogP contribution >= 0.6 is 12.2 Å². The number of nitrogens with one attached hydrogen (secondary N) is 2. The van der Waals surface area contributed by atoms with Crippen LogP contribution in [0.25, 0.3) is 10.9 Å². The van der Waals surface area contributed by atoms with E-state index >= 15 is 0 Å². The van der Waals surface area contributed by atoms with E-state index in [1.165, 1.54) is 0 Å². The fraction of sp³-hybridized carbons (Fsp3) is 0.286. The van der Waals surface area contributed by atoms with Gasteiger partial charge in [-0.3, -0.25) is 14.2 Å². The van der Waals surface area contributed by atoms with Crippen LogP contribution in [0.2, 0.25) is 0 Å². The lowest BCUT2D eigenvalue weighted by atomic mass is 10.1. The van der Waals surface area contributed by atoms with Crippen LogP contribution in [0, 0.1) is 4.77 Å². The standard InChI is InChI=1S/C21H21N3O3S/c25-19(22-12-14-5-2-1-3-6-14)15-8-9-17-18(11-15)23-21(28)24(20(17)26)13-16-7-4-10-27-16/h1-3,5-6,8-9,11,16H,4,7,10,12-13H2,(H,22,25)(H,23,28)/t16-/m1/s1. The van der Waals surface area contributed by atoms with Crippen LogP contribution in [-0.4, -0.2) is 28.2 Å². The first-order valence-electron chi connectivity index (χ1n) is 9.32. The minimum Gasteiger partial charge on any atom is -0.376 e. The Balaban J connectivity index is 1.57. The minimum atomic E-state index is -0.200. The Labute approximate surface area is 167 Å². The lowest BCUT2D eigenvalue weighted by Gasteiger charge is -2.13. The molecule has 0 radical (unpaired) electrons. The largest absolute Gasteiger partial charge is 0.376 e. The summed E-state index contributed by atoms with van der Waals surface area (Å²) in [6.07, 6.45) is 1.96. The van der Waals surface area contributed by atoms with E-state index in [9.17, 15) is 9.59 Å². The van der Waals surface area contributed by atoms with E-state index in [1.54, 1.807) is 22.8 Å². The fourth-order valence-corrected chi connectivity index (χ4v) is 3.70. The van der Waals surface area contributed by atoms with Crippen molar-refractivity contribution in [2.45, 2.75) is 32.0 Å². The molecule has 1 saturated heterocycles. The number of fused-ring (bicyclic) bond motifs is 1. The monoisotopic (exact) mass is 395 g/mol. The van der Waals surface area contributed by atoms with Crippen molar-refractivity contribution < 1.29 is 9.53 Å². The Morgan fingerprint density at radius 1 is 1.25 bits per heavy atom. The minimum absolute atomic E-state index is 0.0216. The third kappa shape index (κ3) is 3.90. The Kier molecular flexibility index (Phi) is 5.36. The zero-order valence-corrected chi connectivity index (χ0v) is 16.1. The van der Waals surface area contributed by atoms with Crippen LogP contribution in [0.3, 0.4) is 0 Å². The molecule has 6 nitrogen and oxygen atoms in total. The van der Waals surface area contributed by atoms with Gasteiger partial charge in [0.25, 0.3) is 11.5 Å². The summed E-state index contributed by atoms with van der Waals surface area (Å²) >= 11 is 5.38. The van der Waals surface area contributed by atoms with Crippen molar-refractivity contribution in [1.29, 1.82) is 0 Å². The van der Waals surface area contributed by atoms with Gasteiger partial charge in [-0.15, -0.1) is 0 Å². The Bertz CT molecular complexity index is 1120. The number of carbonyl (C=O) groups excluding carboxylic acids is 1. The van der Waals surface area contributed by atoms with Crippen molar-refractivity contribution in [3.63, 3.8) is 0 Å². The summed E-state index contributed by atoms with van der Waals surface area (Å²) < 4.78 is 7.51. The molecular formula is C21H21N3O3S. The highest BCUT2D eigenvalue weighted by Gasteiger charge is 2.18. The molecule has 0 unspecified atom stereocenters. The molecule has 1 amide bonds. The van der Waals surface area contributed by atoms with Crippen molar-refractivity contribution in [3.05, 3.63) is 74.8 Å². The van der Waals surface area contributed by atoms with Crippen molar-refractivity contribution in [3.8, 4) is 0 Å². The molecule has 1 atom stereocenters. The molecule has 7 heteroatoms. The number of H-pyrrole nitrogens is 1. The molecule has 4 rings (SSSR count). The van der Waals surface area contributed by atoms with Crippen LogP contribution in [0.15, 0.2) is 53.3 Å². The topological polar surface area (TPSA) is 76.1 Å². The highest BCUT2D eigenvalue weighted by molar-refractivity contribution is 7.71. The molecule has 0 spiro atoms. The van der Waals surface area contributed by atoms with Crippen molar-refractivity contribution in [1.82, 2.24) is 14.9 Å². The molecule has 1 aromatic heterocycles. The number of benzene rings is 2. The van der Waals surface area contributed by atoms with Crippen molar-refractivity contribution in [2.75, 3.05) is 6.61 Å². The number of rotatable bonds is 5. The number of nitrogens with zero attached hydrogens (tertiary/aromatic N) is 1. The van der Waals surface area contributed by atoms with Gasteiger partial charge in [-0.2, -0.15) is 0 Å². The predicted octanol–water partition coefficient (Wildman–Crippen LogP) is 3.17. The molecule has 0 bridgehead atoms. The second-order valence-electron chi connectivity index (χ2n) is 6.91. The molecule has 1 aliphatic heterocycles. The van der Waals surface area contributed by atoms with Gasteiger partial charge in [0.2, 0.25) is 0 Å². The maximum Gasteiger partial charge on any atom is 0.262 e. The van der Waals surface area contributed by atoms with Gasteiger partial charge in [-0.25, -0.2) is 0 Å². The summed E-state index contributed by atoms with van der Waals surface area (Å²) in [4.78, 5) is 28.4. The SMILES string of the molecule is O=C(NCc1ccccc1)c1ccc2c(=O)n(C[C@H]3CCCO3)c(=S)[nH]c2c1. The molecule has 1 fully saturated rings. The number of aromatic amines is 1. The number of aromatic nitrogens is 2. The van der Waals surface area contributed by atoms with E-state index in [2.05, 4.69) is 10.3 Å². The molecule has 2 aromatic carbocycles. The zero-order chi connectivity index (χ0) is 19.5. The van der Waals surface area contributed by atoms with Gasteiger partial charge in [0.1, 0.15) is 0 Å². The maximum atomic E-state index is 12.8. The number of carbonyl (C=O) groups is 1. The van der Waals surface area contributed by atoms with E-state index in [0.717, 1.165) is 25.0 Å². The summed E-state index contributed by atoms with van der Waals surface area (Å²) in [7, 11) is 0. The van der Waals surface area contributed by atoms with Gasteiger partial charge >= 0.3 is 0 Å². The van der Waals surface area contributed by atoms with Gasteiger partial charge < -0.3 is 15.0 Å². The average Bonchev–Trinajstić information content (AvgIpc) is 3.23. The molecule has 1 aliphatic rings. The number of ether oxygens (including phenoxy) is 1. The number of hydrogen-bond donors (Lipinski definition) is 2. The quantitative estimate of drug-likeness (QED) is 0.651. The first kappa shape index (κ1) is 18.6. The summed E-state index contributed by atoms with van der Waals surface area (Å²) in [6, 6.07) is 14.7. The molecule has 28 heavy (non-hydrogen) atoms. The van der Waals surface area contributed by atoms with Crippen LogP contribution in [0.1, 0.15) is 28.8 Å². The second kappa shape index (κ2) is 8.08. The zero-order valence-electron chi connectivity index (χ0n) is 15.3. The lowest BCUT2D eigenvalue weighted by Crippen LogP contribution is -2.28. The van der Waals surface area contributed by atoms with E-state index in [-0.39, 0.29) is 17.6 Å². The fourth-order valence-electron chi connectivity index (χ4n) is 3.43. The third-order valence-electron chi connectivity index (χ3n) is 4.95. The summed E-state index contributed by atoms with van der Waals surface area (Å²) in [5.41, 5.74) is 1.90. The number of amides is 1. The molecule has 0 saturated carbocycles. The predicted molar refractivity (Wildman–Crippen MR) is 110 cm³/mol. The van der Waals surface area contributed by atoms with Crippen LogP contribution < -0.4 is 10.9 Å². The highest BCUT2D eigenvalue weighted by atomic mass is 32.1. The van der Waals surface area contributed by atoms with E-state index in [4.69, 9.17) is 17.0 Å². The van der Waals surface area contributed by atoms with Crippen LogP contribution in [-0.2, 0) is 17.8 Å². The summed E-state index contributed by atoms with van der Waals surface area (Å²) in [6.45, 7) is 1.62. The van der Waals surface area contributed by atoms with Gasteiger partial charge in [-0.05, 0) is 48.8 Å². The smallest absolute Gasteiger partial charge is 0.262 e. The van der Waals surface area contributed by atoms with E-state index in [1.807, 2.05) is 30.3 Å². The number of hydrogen-bond acceptors (Lipinski definition) is 4. The second-order valence-corrected chi connectivity index (χ2v) is 7.30. The normalized spacial score (nSPS) is 16.4. The summed E-state index contributed by atoms with van der Waals surface area (Å²) in [5.74, 6) is -0.200. The van der Waals surface area contributed by atoms with Gasteiger partial charge in [0.05, 0.1) is 23.6 Å². The first-order chi connectivity index (χ1) is 13.6.